The van der Waals surface area contributed by atoms with E-state index in [4.69, 9.17) is 4.52 Å². The van der Waals surface area contributed by atoms with Gasteiger partial charge in [-0.25, -0.2) is 4.98 Å². The first-order chi connectivity index (χ1) is 9.27. The highest BCUT2D eigenvalue weighted by Crippen LogP contribution is 2.26. The number of carbonyl (C=O) groups is 1. The largest absolute Gasteiger partial charge is 0.450 e. The molecule has 1 unspecified atom stereocenters. The van der Waals surface area contributed by atoms with Crippen LogP contribution >= 0.6 is 11.3 Å². The third-order valence-corrected chi connectivity index (χ3v) is 3.47. The maximum Gasteiger partial charge on any atom is 0.450 e. The minimum absolute atomic E-state index is 0.205. The fourth-order valence-electron chi connectivity index (χ4n) is 1.49. The van der Waals surface area contributed by atoms with Crippen molar-refractivity contribution in [1.82, 2.24) is 15.1 Å². The Morgan fingerprint density at radius 1 is 1.45 bits per heavy atom. The van der Waals surface area contributed by atoms with Crippen molar-refractivity contribution in [3.05, 3.63) is 27.8 Å². The summed E-state index contributed by atoms with van der Waals surface area (Å²) in [5.41, 5.74) is 0.842. The number of aryl methyl sites for hydroxylation is 1. The Morgan fingerprint density at radius 2 is 2.15 bits per heavy atom. The lowest BCUT2D eigenvalue weighted by molar-refractivity contribution is -0.172. The van der Waals surface area contributed by atoms with E-state index in [-0.39, 0.29) is 18.1 Å². The molecule has 2 aromatic heterocycles. The standard InChI is InChI=1S/C11H10F3N3O2S/c1-5-4-20-8(15-5)3-7-16-10(19-17-7)6(2)9(18)11(12,13)14/h4,6H,3H2,1-2H3. The van der Waals surface area contributed by atoms with Crippen molar-refractivity contribution in [2.45, 2.75) is 32.4 Å². The van der Waals surface area contributed by atoms with Gasteiger partial charge >= 0.3 is 6.18 Å². The molecule has 0 saturated carbocycles. The Hall–Kier alpha value is -1.77. The average molecular weight is 305 g/mol. The zero-order valence-electron chi connectivity index (χ0n) is 10.6. The molecule has 9 heteroatoms. The summed E-state index contributed by atoms with van der Waals surface area (Å²) in [6, 6.07) is 0. The van der Waals surface area contributed by atoms with Gasteiger partial charge < -0.3 is 4.52 Å². The fraction of sp³-hybridized carbons (Fsp3) is 0.455. The van der Waals surface area contributed by atoms with Crippen LogP contribution in [0.25, 0.3) is 0 Å². The predicted molar refractivity (Wildman–Crippen MR) is 63.4 cm³/mol. The molecule has 0 spiro atoms. The first-order valence-corrected chi connectivity index (χ1v) is 6.50. The van der Waals surface area contributed by atoms with E-state index in [2.05, 4.69) is 15.1 Å². The first-order valence-electron chi connectivity index (χ1n) is 5.62. The summed E-state index contributed by atoms with van der Waals surface area (Å²) in [7, 11) is 0. The summed E-state index contributed by atoms with van der Waals surface area (Å²) in [6.45, 7) is 2.91. The molecule has 0 aliphatic rings. The molecule has 0 aliphatic heterocycles. The van der Waals surface area contributed by atoms with Gasteiger partial charge in [-0.05, 0) is 13.8 Å². The summed E-state index contributed by atoms with van der Waals surface area (Å²) in [4.78, 5) is 19.1. The Kier molecular flexibility index (Phi) is 3.89. The summed E-state index contributed by atoms with van der Waals surface area (Å²) < 4.78 is 41.6. The maximum atomic E-state index is 12.3. The molecular formula is C11H10F3N3O2S. The Labute approximate surface area is 115 Å². The number of hydrogen-bond acceptors (Lipinski definition) is 6. The SMILES string of the molecule is Cc1csc(Cc2noc(C(C)C(=O)C(F)(F)F)n2)n1. The molecule has 20 heavy (non-hydrogen) atoms. The Bertz CT molecular complexity index is 620. The van der Waals surface area contributed by atoms with E-state index in [1.165, 1.54) is 11.3 Å². The molecule has 0 radical (unpaired) electrons. The Balaban J connectivity index is 2.11. The molecule has 0 saturated heterocycles. The van der Waals surface area contributed by atoms with Gasteiger partial charge in [0.05, 0.1) is 6.42 Å². The van der Waals surface area contributed by atoms with Crippen molar-refractivity contribution in [2.75, 3.05) is 0 Å². The molecule has 108 valence electrons. The van der Waals surface area contributed by atoms with Gasteiger partial charge in [-0.2, -0.15) is 18.2 Å². The van der Waals surface area contributed by atoms with Crippen LogP contribution in [0.4, 0.5) is 13.2 Å². The number of halogens is 3. The summed E-state index contributed by atoms with van der Waals surface area (Å²) >= 11 is 1.39. The predicted octanol–water partition coefficient (Wildman–Crippen LogP) is 2.66. The summed E-state index contributed by atoms with van der Waals surface area (Å²) in [6.07, 6.45) is -4.66. The van der Waals surface area contributed by atoms with E-state index < -0.39 is 17.9 Å². The minimum Gasteiger partial charge on any atom is -0.339 e. The molecule has 1 atom stereocenters. The van der Waals surface area contributed by atoms with E-state index in [1.807, 2.05) is 12.3 Å². The van der Waals surface area contributed by atoms with E-state index in [0.29, 0.717) is 0 Å². The third-order valence-electron chi connectivity index (χ3n) is 2.50. The van der Waals surface area contributed by atoms with E-state index in [0.717, 1.165) is 17.6 Å². The number of rotatable bonds is 4. The second kappa shape index (κ2) is 5.31. The molecule has 0 N–H and O–H groups in total. The number of aromatic nitrogens is 3. The van der Waals surface area contributed by atoms with Crippen molar-refractivity contribution < 1.29 is 22.5 Å². The second-order valence-corrected chi connectivity index (χ2v) is 5.13. The van der Waals surface area contributed by atoms with Gasteiger partial charge in [0.25, 0.3) is 0 Å². The highest BCUT2D eigenvalue weighted by atomic mass is 32.1. The lowest BCUT2D eigenvalue weighted by Gasteiger charge is -2.08. The molecule has 0 bridgehead atoms. The van der Waals surface area contributed by atoms with Crippen LogP contribution < -0.4 is 0 Å². The highest BCUT2D eigenvalue weighted by Gasteiger charge is 2.44. The fourth-order valence-corrected chi connectivity index (χ4v) is 2.26. The van der Waals surface area contributed by atoms with Crippen molar-refractivity contribution in [3.8, 4) is 0 Å². The third kappa shape index (κ3) is 3.21. The van der Waals surface area contributed by atoms with Crippen LogP contribution in [0.3, 0.4) is 0 Å². The van der Waals surface area contributed by atoms with Gasteiger partial charge in [0, 0.05) is 11.1 Å². The number of nitrogens with zero attached hydrogens (tertiary/aromatic N) is 3. The van der Waals surface area contributed by atoms with Crippen LogP contribution in [-0.2, 0) is 11.2 Å². The minimum atomic E-state index is -4.92. The Morgan fingerprint density at radius 3 is 2.70 bits per heavy atom. The quantitative estimate of drug-likeness (QED) is 0.868. The lowest BCUT2D eigenvalue weighted by atomic mass is 10.1. The van der Waals surface area contributed by atoms with Gasteiger partial charge in [-0.15, -0.1) is 11.3 Å². The van der Waals surface area contributed by atoms with Gasteiger partial charge in [-0.3, -0.25) is 4.79 Å². The van der Waals surface area contributed by atoms with Crippen LogP contribution in [0.5, 0.6) is 0 Å². The van der Waals surface area contributed by atoms with Crippen molar-refractivity contribution in [1.29, 1.82) is 0 Å². The molecule has 0 aliphatic carbocycles. The van der Waals surface area contributed by atoms with Crippen molar-refractivity contribution in [2.24, 2.45) is 0 Å². The number of alkyl halides is 3. The van der Waals surface area contributed by atoms with Crippen LogP contribution in [0.1, 0.15) is 35.3 Å². The van der Waals surface area contributed by atoms with Crippen LogP contribution in [-0.4, -0.2) is 27.1 Å². The second-order valence-electron chi connectivity index (χ2n) is 4.19. The van der Waals surface area contributed by atoms with Crippen LogP contribution in [0.2, 0.25) is 0 Å². The molecule has 0 fully saturated rings. The normalized spacial score (nSPS) is 13.4. The van der Waals surface area contributed by atoms with Gasteiger partial charge in [0.15, 0.2) is 5.82 Å². The maximum absolute atomic E-state index is 12.3. The smallest absolute Gasteiger partial charge is 0.339 e. The van der Waals surface area contributed by atoms with Gasteiger partial charge in [-0.1, -0.05) is 5.16 Å². The van der Waals surface area contributed by atoms with E-state index >= 15 is 0 Å². The number of ketones is 1. The monoisotopic (exact) mass is 305 g/mol. The molecule has 0 aromatic carbocycles. The zero-order valence-corrected chi connectivity index (χ0v) is 11.4. The van der Waals surface area contributed by atoms with Crippen LogP contribution in [0.15, 0.2) is 9.90 Å². The number of hydrogen-bond donors (Lipinski definition) is 0. The highest BCUT2D eigenvalue weighted by molar-refractivity contribution is 7.09. The summed E-state index contributed by atoms with van der Waals surface area (Å²) in [5, 5.41) is 6.13. The van der Waals surface area contributed by atoms with Crippen LogP contribution in [0, 0.1) is 6.92 Å². The lowest BCUT2D eigenvalue weighted by Crippen LogP contribution is -2.27. The van der Waals surface area contributed by atoms with Crippen molar-refractivity contribution >= 4 is 17.1 Å². The zero-order chi connectivity index (χ0) is 14.9. The van der Waals surface area contributed by atoms with E-state index in [1.54, 1.807) is 0 Å². The molecule has 5 nitrogen and oxygen atoms in total. The van der Waals surface area contributed by atoms with Gasteiger partial charge in [0.2, 0.25) is 11.7 Å². The molecule has 2 aromatic rings. The average Bonchev–Trinajstić information content (AvgIpc) is 2.96. The van der Waals surface area contributed by atoms with Gasteiger partial charge in [0.1, 0.15) is 10.9 Å². The van der Waals surface area contributed by atoms with E-state index in [9.17, 15) is 18.0 Å². The number of thiazole rings is 1. The number of carbonyl (C=O) groups excluding carboxylic acids is 1. The topological polar surface area (TPSA) is 68.9 Å². The van der Waals surface area contributed by atoms with Crippen molar-refractivity contribution in [3.63, 3.8) is 0 Å². The molecule has 2 heterocycles. The molecule has 2 rings (SSSR count). The molecular weight excluding hydrogens is 295 g/mol. The number of Topliss-reactive ketones (excluding diaryl/α,β-unsaturated/α-hetero) is 1. The first kappa shape index (κ1) is 14.6. The molecule has 0 amide bonds. The summed E-state index contributed by atoms with van der Waals surface area (Å²) in [5.74, 6) is -3.54.